The number of hydrogen-bond donors (Lipinski definition) is 3. The van der Waals surface area contributed by atoms with Crippen LogP contribution < -0.4 is 24.8 Å². The van der Waals surface area contributed by atoms with E-state index < -0.39 is 11.6 Å². The molecule has 0 aromatic heterocycles. The summed E-state index contributed by atoms with van der Waals surface area (Å²) in [6, 6.07) is 20.4. The zero-order valence-electron chi connectivity index (χ0n) is 25.6. The SMILES string of the molecule is C.CCCNc1ccc(Oc2ccc(CC)cc2O)c(F)c1.CCCNc1ccc(Oc2ccc(CC)cc2OC)c(F)c1. The molecule has 0 radical (unpaired) electrons. The van der Waals surface area contributed by atoms with Crippen LogP contribution in [-0.4, -0.2) is 25.3 Å². The Labute approximate surface area is 261 Å². The quantitative estimate of drug-likeness (QED) is 0.140. The predicted molar refractivity (Wildman–Crippen MR) is 177 cm³/mol. The molecular formula is C36H46F2N2O4. The molecular weight excluding hydrogens is 562 g/mol. The summed E-state index contributed by atoms with van der Waals surface area (Å²) in [5.74, 6) is 0.793. The van der Waals surface area contributed by atoms with Crippen LogP contribution in [0.5, 0.6) is 34.5 Å². The van der Waals surface area contributed by atoms with Gasteiger partial charge >= 0.3 is 0 Å². The van der Waals surface area contributed by atoms with Crippen LogP contribution in [0.1, 0.15) is 59.1 Å². The van der Waals surface area contributed by atoms with Crippen LogP contribution in [0.15, 0.2) is 72.8 Å². The molecule has 3 N–H and O–H groups in total. The first-order chi connectivity index (χ1) is 20.8. The summed E-state index contributed by atoms with van der Waals surface area (Å²) in [6.45, 7) is 9.77. The number of rotatable bonds is 13. The van der Waals surface area contributed by atoms with Gasteiger partial charge < -0.3 is 30.0 Å². The third-order valence-electron chi connectivity index (χ3n) is 6.53. The molecule has 0 bridgehead atoms. The maximum atomic E-state index is 14.1. The van der Waals surface area contributed by atoms with E-state index in [1.165, 1.54) is 12.1 Å². The predicted octanol–water partition coefficient (Wildman–Crippen LogP) is 10.4. The van der Waals surface area contributed by atoms with Crippen molar-refractivity contribution in [2.75, 3.05) is 30.8 Å². The van der Waals surface area contributed by atoms with Gasteiger partial charge in [-0.1, -0.05) is 47.3 Å². The van der Waals surface area contributed by atoms with Gasteiger partial charge in [-0.15, -0.1) is 0 Å². The van der Waals surface area contributed by atoms with Crippen LogP contribution in [0.25, 0.3) is 0 Å². The number of phenols is 1. The first kappa shape index (κ1) is 35.7. The molecule has 44 heavy (non-hydrogen) atoms. The Morgan fingerprint density at radius 2 is 1.05 bits per heavy atom. The van der Waals surface area contributed by atoms with E-state index in [-0.39, 0.29) is 30.4 Å². The highest BCUT2D eigenvalue weighted by Crippen LogP contribution is 2.35. The first-order valence-electron chi connectivity index (χ1n) is 14.7. The number of ether oxygens (including phenoxy) is 3. The summed E-state index contributed by atoms with van der Waals surface area (Å²) in [4.78, 5) is 0. The number of halogens is 2. The maximum Gasteiger partial charge on any atom is 0.169 e. The van der Waals surface area contributed by atoms with Gasteiger partial charge in [0.1, 0.15) is 0 Å². The fraction of sp³-hybridized carbons (Fsp3) is 0.333. The van der Waals surface area contributed by atoms with Gasteiger partial charge in [-0.05, 0) is 85.3 Å². The van der Waals surface area contributed by atoms with E-state index in [0.717, 1.165) is 55.6 Å². The van der Waals surface area contributed by atoms with Crippen molar-refractivity contribution in [2.45, 2.75) is 60.8 Å². The van der Waals surface area contributed by atoms with Gasteiger partial charge in [-0.2, -0.15) is 0 Å². The lowest BCUT2D eigenvalue weighted by Gasteiger charge is -2.13. The largest absolute Gasteiger partial charge is 0.504 e. The lowest BCUT2D eigenvalue weighted by atomic mass is 10.1. The molecule has 0 saturated carbocycles. The second kappa shape index (κ2) is 18.3. The smallest absolute Gasteiger partial charge is 0.169 e. The van der Waals surface area contributed by atoms with Crippen LogP contribution in [0.4, 0.5) is 20.2 Å². The molecule has 0 heterocycles. The van der Waals surface area contributed by atoms with Crippen LogP contribution in [0.3, 0.4) is 0 Å². The topological polar surface area (TPSA) is 72.0 Å². The van der Waals surface area contributed by atoms with E-state index in [0.29, 0.717) is 17.2 Å². The Hall–Kier alpha value is -4.46. The summed E-state index contributed by atoms with van der Waals surface area (Å²) >= 11 is 0. The number of aryl methyl sites for hydroxylation is 2. The van der Waals surface area contributed by atoms with Gasteiger partial charge in [0.25, 0.3) is 0 Å². The van der Waals surface area contributed by atoms with Crippen molar-refractivity contribution < 1.29 is 28.1 Å². The molecule has 0 atom stereocenters. The summed E-state index contributed by atoms with van der Waals surface area (Å²) in [6.07, 6.45) is 3.68. The number of hydrogen-bond acceptors (Lipinski definition) is 6. The fourth-order valence-corrected chi connectivity index (χ4v) is 4.05. The van der Waals surface area contributed by atoms with E-state index >= 15 is 0 Å². The Kier molecular flexibility index (Phi) is 14.8. The van der Waals surface area contributed by atoms with Crippen molar-refractivity contribution in [1.29, 1.82) is 0 Å². The summed E-state index contributed by atoms with van der Waals surface area (Å²) in [5, 5.41) is 16.1. The standard InChI is InChI=1S/C18H22FNO2.C17H20FNO2.CH4/c1-4-10-20-14-7-9-16(15(19)12-14)22-17-8-6-13(5-2)11-18(17)21-3;1-3-9-19-13-6-8-16(14(18)11-13)21-17-7-5-12(4-2)10-15(17)20;/h6-9,11-12,20H,4-5,10H2,1-3H3;5-8,10-11,19-20H,3-4,9H2,1-2H3;1H4. The van der Waals surface area contributed by atoms with Gasteiger partial charge in [0.05, 0.1) is 7.11 Å². The van der Waals surface area contributed by atoms with Crippen molar-refractivity contribution in [3.63, 3.8) is 0 Å². The number of phenolic OH excluding ortho intramolecular Hbond substituents is 1. The molecule has 0 unspecified atom stereocenters. The van der Waals surface area contributed by atoms with E-state index in [9.17, 15) is 13.9 Å². The van der Waals surface area contributed by atoms with Crippen LogP contribution >= 0.6 is 0 Å². The van der Waals surface area contributed by atoms with Crippen molar-refractivity contribution in [1.82, 2.24) is 0 Å². The van der Waals surface area contributed by atoms with Crippen molar-refractivity contribution in [3.05, 3.63) is 95.6 Å². The number of benzene rings is 4. The highest BCUT2D eigenvalue weighted by atomic mass is 19.1. The van der Waals surface area contributed by atoms with Crippen LogP contribution in [-0.2, 0) is 12.8 Å². The third-order valence-corrected chi connectivity index (χ3v) is 6.53. The number of anilines is 2. The zero-order chi connectivity index (χ0) is 31.2. The molecule has 0 aliphatic rings. The lowest BCUT2D eigenvalue weighted by Crippen LogP contribution is -2.00. The van der Waals surface area contributed by atoms with Gasteiger partial charge in [-0.3, -0.25) is 0 Å². The summed E-state index contributed by atoms with van der Waals surface area (Å²) in [7, 11) is 1.58. The maximum absolute atomic E-state index is 14.1. The molecule has 238 valence electrons. The van der Waals surface area contributed by atoms with Gasteiger partial charge in [-0.25, -0.2) is 8.78 Å². The lowest BCUT2D eigenvalue weighted by molar-refractivity contribution is 0.370. The normalized spacial score (nSPS) is 10.2. The Morgan fingerprint density at radius 1 is 0.591 bits per heavy atom. The van der Waals surface area contributed by atoms with E-state index in [1.54, 1.807) is 49.6 Å². The third kappa shape index (κ3) is 10.4. The fourth-order valence-electron chi connectivity index (χ4n) is 4.05. The van der Waals surface area contributed by atoms with Crippen molar-refractivity contribution in [3.8, 4) is 34.5 Å². The molecule has 6 nitrogen and oxygen atoms in total. The molecule has 0 aliphatic heterocycles. The molecule has 4 aromatic rings. The monoisotopic (exact) mass is 608 g/mol. The van der Waals surface area contributed by atoms with Crippen LogP contribution in [0, 0.1) is 11.6 Å². The molecule has 0 amide bonds. The Balaban J connectivity index is 0.000000300. The number of nitrogens with one attached hydrogen (secondary N) is 2. The second-order valence-corrected chi connectivity index (χ2v) is 9.84. The number of aromatic hydroxyl groups is 1. The van der Waals surface area contributed by atoms with Gasteiger partial charge in [0, 0.05) is 36.6 Å². The van der Waals surface area contributed by atoms with Crippen LogP contribution in [0.2, 0.25) is 0 Å². The highest BCUT2D eigenvalue weighted by Gasteiger charge is 2.12. The average molecular weight is 609 g/mol. The Bertz CT molecular complexity index is 1460. The average Bonchev–Trinajstić information content (AvgIpc) is 3.02. The Morgan fingerprint density at radius 3 is 1.48 bits per heavy atom. The molecule has 8 heteroatoms. The molecule has 4 rings (SSSR count). The molecule has 0 fully saturated rings. The summed E-state index contributed by atoms with van der Waals surface area (Å²) < 4.78 is 44.6. The first-order valence-corrected chi connectivity index (χ1v) is 14.7. The molecule has 4 aromatic carbocycles. The highest BCUT2D eigenvalue weighted by molar-refractivity contribution is 5.51. The summed E-state index contributed by atoms with van der Waals surface area (Å²) in [5.41, 5.74) is 3.61. The van der Waals surface area contributed by atoms with E-state index in [2.05, 4.69) is 24.5 Å². The van der Waals surface area contributed by atoms with E-state index in [1.807, 2.05) is 32.0 Å². The molecule has 0 saturated heterocycles. The van der Waals surface area contributed by atoms with Gasteiger partial charge in [0.2, 0.25) is 0 Å². The second-order valence-electron chi connectivity index (χ2n) is 9.84. The number of methoxy groups -OCH3 is 1. The molecule has 0 spiro atoms. The van der Waals surface area contributed by atoms with Gasteiger partial charge in [0.15, 0.2) is 46.1 Å². The zero-order valence-corrected chi connectivity index (χ0v) is 25.6. The van der Waals surface area contributed by atoms with Crippen molar-refractivity contribution in [2.24, 2.45) is 0 Å². The minimum atomic E-state index is -0.463. The molecule has 0 aliphatic carbocycles. The van der Waals surface area contributed by atoms with E-state index in [4.69, 9.17) is 14.2 Å². The minimum absolute atomic E-state index is 0. The minimum Gasteiger partial charge on any atom is -0.504 e. The van der Waals surface area contributed by atoms with Crippen molar-refractivity contribution >= 4 is 11.4 Å².